The van der Waals surface area contributed by atoms with Gasteiger partial charge in [-0.3, -0.25) is 9.59 Å². The average Bonchev–Trinajstić information content (AvgIpc) is 2.89. The Labute approximate surface area is 221 Å². The first-order valence-electron chi connectivity index (χ1n) is 11.6. The molecule has 0 spiro atoms. The maximum Gasteiger partial charge on any atom is 0.254 e. The van der Waals surface area contributed by atoms with Crippen LogP contribution in [0.25, 0.3) is 0 Å². The van der Waals surface area contributed by atoms with E-state index < -0.39 is 0 Å². The summed E-state index contributed by atoms with van der Waals surface area (Å²) in [4.78, 5) is 28.3. The molecule has 1 saturated heterocycles. The third kappa shape index (κ3) is 5.45. The van der Waals surface area contributed by atoms with Crippen LogP contribution < -0.4 is 14.8 Å². The van der Waals surface area contributed by atoms with E-state index in [0.29, 0.717) is 52.2 Å². The molecule has 1 heterocycles. The molecular weight excluding hydrogens is 499 g/mol. The molecule has 4 rings (SSSR count). The van der Waals surface area contributed by atoms with Crippen LogP contribution in [0, 0.1) is 6.92 Å². The SMILES string of the molecule is COc1ccc(C(=O)N2CCC(NC(=O)c3ccccc3Cl)C(c3ccc(C)c(Cl)c3)C2)cc1OC. The number of nitrogens with zero attached hydrogens (tertiary/aromatic N) is 1. The molecule has 36 heavy (non-hydrogen) atoms. The van der Waals surface area contributed by atoms with Crippen molar-refractivity contribution >= 4 is 35.0 Å². The second-order valence-electron chi connectivity index (χ2n) is 8.78. The second-order valence-corrected chi connectivity index (χ2v) is 9.60. The van der Waals surface area contributed by atoms with Crippen LogP contribution in [0.2, 0.25) is 10.0 Å². The second kappa shape index (κ2) is 11.2. The van der Waals surface area contributed by atoms with Crippen LogP contribution in [-0.2, 0) is 0 Å². The van der Waals surface area contributed by atoms with E-state index in [1.165, 1.54) is 7.11 Å². The van der Waals surface area contributed by atoms with Crippen molar-refractivity contribution in [1.82, 2.24) is 10.2 Å². The van der Waals surface area contributed by atoms with Gasteiger partial charge in [0.1, 0.15) is 0 Å². The molecule has 188 valence electrons. The summed E-state index contributed by atoms with van der Waals surface area (Å²) in [6.45, 7) is 2.84. The molecule has 1 fully saturated rings. The van der Waals surface area contributed by atoms with Crippen molar-refractivity contribution in [2.45, 2.75) is 25.3 Å². The number of amides is 2. The van der Waals surface area contributed by atoms with Gasteiger partial charge in [0.15, 0.2) is 11.5 Å². The highest BCUT2D eigenvalue weighted by Crippen LogP contribution is 2.33. The number of likely N-dealkylation sites (tertiary alicyclic amines) is 1. The lowest BCUT2D eigenvalue weighted by Crippen LogP contribution is -2.51. The topological polar surface area (TPSA) is 67.9 Å². The van der Waals surface area contributed by atoms with E-state index in [4.69, 9.17) is 32.7 Å². The van der Waals surface area contributed by atoms with E-state index in [9.17, 15) is 9.59 Å². The Bertz CT molecular complexity index is 1280. The molecule has 1 N–H and O–H groups in total. The molecule has 2 amide bonds. The van der Waals surface area contributed by atoms with Gasteiger partial charge in [0, 0.05) is 35.6 Å². The maximum atomic E-state index is 13.5. The van der Waals surface area contributed by atoms with E-state index in [2.05, 4.69) is 5.32 Å². The van der Waals surface area contributed by atoms with Crippen LogP contribution in [0.3, 0.4) is 0 Å². The first-order chi connectivity index (χ1) is 17.3. The molecule has 1 aliphatic rings. The third-order valence-corrected chi connectivity index (χ3v) is 7.33. The molecular formula is C28H28Cl2N2O4. The Morgan fingerprint density at radius 1 is 0.944 bits per heavy atom. The quantitative estimate of drug-likeness (QED) is 0.444. The monoisotopic (exact) mass is 526 g/mol. The summed E-state index contributed by atoms with van der Waals surface area (Å²) in [5.41, 5.74) is 2.85. The molecule has 3 aromatic rings. The number of hydrogen-bond acceptors (Lipinski definition) is 4. The van der Waals surface area contributed by atoms with Gasteiger partial charge in [0.25, 0.3) is 11.8 Å². The number of nitrogens with one attached hydrogen (secondary N) is 1. The molecule has 1 aliphatic heterocycles. The third-order valence-electron chi connectivity index (χ3n) is 6.59. The molecule has 0 radical (unpaired) electrons. The van der Waals surface area contributed by atoms with Crippen LogP contribution in [0.15, 0.2) is 60.7 Å². The highest BCUT2D eigenvalue weighted by molar-refractivity contribution is 6.33. The molecule has 3 aromatic carbocycles. The van der Waals surface area contributed by atoms with Gasteiger partial charge in [-0.25, -0.2) is 0 Å². The van der Waals surface area contributed by atoms with Crippen molar-refractivity contribution in [1.29, 1.82) is 0 Å². The van der Waals surface area contributed by atoms with Gasteiger partial charge in [0.2, 0.25) is 0 Å². The van der Waals surface area contributed by atoms with Crippen LogP contribution in [0.1, 0.15) is 44.2 Å². The van der Waals surface area contributed by atoms with Crippen molar-refractivity contribution in [3.05, 3.63) is 93.0 Å². The number of rotatable bonds is 6. The number of methoxy groups -OCH3 is 2. The Morgan fingerprint density at radius 2 is 1.69 bits per heavy atom. The predicted octanol–water partition coefficient (Wildman–Crippen LogP) is 5.75. The minimum Gasteiger partial charge on any atom is -0.493 e. The van der Waals surface area contributed by atoms with Crippen molar-refractivity contribution in [2.24, 2.45) is 0 Å². The maximum absolute atomic E-state index is 13.5. The van der Waals surface area contributed by atoms with Gasteiger partial charge < -0.3 is 19.7 Å². The lowest BCUT2D eigenvalue weighted by atomic mass is 9.85. The van der Waals surface area contributed by atoms with Crippen molar-refractivity contribution in [2.75, 3.05) is 27.3 Å². The van der Waals surface area contributed by atoms with E-state index in [1.807, 2.05) is 25.1 Å². The lowest BCUT2D eigenvalue weighted by Gasteiger charge is -2.39. The summed E-state index contributed by atoms with van der Waals surface area (Å²) >= 11 is 12.7. The van der Waals surface area contributed by atoms with Crippen LogP contribution in [0.4, 0.5) is 0 Å². The highest BCUT2D eigenvalue weighted by Gasteiger charge is 2.34. The van der Waals surface area contributed by atoms with Crippen molar-refractivity contribution < 1.29 is 19.1 Å². The number of carbonyl (C=O) groups is 2. The fourth-order valence-electron chi connectivity index (χ4n) is 4.53. The summed E-state index contributed by atoms with van der Waals surface area (Å²) in [5.74, 6) is 0.533. The number of carbonyl (C=O) groups excluding carboxylic acids is 2. The summed E-state index contributed by atoms with van der Waals surface area (Å²) in [5, 5.41) is 4.19. The van der Waals surface area contributed by atoms with Crippen molar-refractivity contribution in [3.8, 4) is 11.5 Å². The lowest BCUT2D eigenvalue weighted by molar-refractivity contribution is 0.0671. The molecule has 2 atom stereocenters. The normalized spacial score (nSPS) is 17.4. The molecule has 0 bridgehead atoms. The molecule has 0 aliphatic carbocycles. The van der Waals surface area contributed by atoms with Crippen molar-refractivity contribution in [3.63, 3.8) is 0 Å². The predicted molar refractivity (Wildman–Crippen MR) is 142 cm³/mol. The first kappa shape index (κ1) is 25.9. The van der Waals surface area contributed by atoms with Crippen LogP contribution >= 0.6 is 23.2 Å². The van der Waals surface area contributed by atoms with Gasteiger partial charge in [-0.05, 0) is 60.9 Å². The Hall–Kier alpha value is -3.22. The average molecular weight is 527 g/mol. The van der Waals surface area contributed by atoms with Gasteiger partial charge >= 0.3 is 0 Å². The smallest absolute Gasteiger partial charge is 0.254 e. The fraction of sp³-hybridized carbons (Fsp3) is 0.286. The van der Waals surface area contributed by atoms with Gasteiger partial charge in [-0.15, -0.1) is 0 Å². The van der Waals surface area contributed by atoms with Crippen LogP contribution in [-0.4, -0.2) is 50.1 Å². The zero-order chi connectivity index (χ0) is 25.8. The minimum atomic E-state index is -0.242. The zero-order valence-electron chi connectivity index (χ0n) is 20.4. The number of piperidine rings is 1. The Morgan fingerprint density at radius 3 is 2.39 bits per heavy atom. The Kier molecular flexibility index (Phi) is 8.07. The number of ether oxygens (including phenoxy) is 2. The Balaban J connectivity index is 1.61. The minimum absolute atomic E-state index is 0.116. The molecule has 6 nitrogen and oxygen atoms in total. The highest BCUT2D eigenvalue weighted by atomic mass is 35.5. The van der Waals surface area contributed by atoms with E-state index >= 15 is 0 Å². The summed E-state index contributed by atoms with van der Waals surface area (Å²) < 4.78 is 10.7. The molecule has 0 saturated carbocycles. The van der Waals surface area contributed by atoms with E-state index in [0.717, 1.165) is 11.1 Å². The van der Waals surface area contributed by atoms with Crippen LogP contribution in [0.5, 0.6) is 11.5 Å². The standard InChI is InChI=1S/C28H28Cl2N2O4/c1-17-8-9-18(14-23(17)30)21-16-32(28(34)19-10-11-25(35-2)26(15-19)36-3)13-12-24(21)31-27(33)20-6-4-5-7-22(20)29/h4-11,14-15,21,24H,12-13,16H2,1-3H3,(H,31,33). The molecule has 8 heteroatoms. The summed E-state index contributed by atoms with van der Waals surface area (Å²) in [6.07, 6.45) is 0.575. The summed E-state index contributed by atoms with van der Waals surface area (Å²) in [6, 6.07) is 17.8. The number of benzene rings is 3. The number of halogens is 2. The largest absolute Gasteiger partial charge is 0.493 e. The number of aryl methyl sites for hydroxylation is 1. The van der Waals surface area contributed by atoms with Gasteiger partial charge in [-0.1, -0.05) is 47.5 Å². The molecule has 2 unspecified atom stereocenters. The van der Waals surface area contributed by atoms with Gasteiger partial charge in [-0.2, -0.15) is 0 Å². The van der Waals surface area contributed by atoms with Gasteiger partial charge in [0.05, 0.1) is 24.8 Å². The fourth-order valence-corrected chi connectivity index (χ4v) is 4.94. The number of hydrogen-bond donors (Lipinski definition) is 1. The first-order valence-corrected chi connectivity index (χ1v) is 12.4. The summed E-state index contributed by atoms with van der Waals surface area (Å²) in [7, 11) is 3.09. The zero-order valence-corrected chi connectivity index (χ0v) is 21.9. The van der Waals surface area contributed by atoms with E-state index in [-0.39, 0.29) is 23.8 Å². The van der Waals surface area contributed by atoms with E-state index in [1.54, 1.807) is 54.5 Å². The molecule has 0 aromatic heterocycles.